The molecule has 2 rings (SSSR count). The lowest BCUT2D eigenvalue weighted by Gasteiger charge is -2.25. The van der Waals surface area contributed by atoms with E-state index in [1.54, 1.807) is 24.3 Å². The van der Waals surface area contributed by atoms with Crippen molar-refractivity contribution >= 4 is 0 Å². The van der Waals surface area contributed by atoms with Crippen LogP contribution in [0.5, 0.6) is 11.5 Å². The molecule has 4 nitrogen and oxygen atoms in total. The zero-order valence-electron chi connectivity index (χ0n) is 12.9. The summed E-state index contributed by atoms with van der Waals surface area (Å²) in [6.45, 7) is 4.47. The van der Waals surface area contributed by atoms with Gasteiger partial charge in [-0.15, -0.1) is 0 Å². The van der Waals surface area contributed by atoms with Crippen LogP contribution in [0.25, 0.3) is 0 Å². The van der Waals surface area contributed by atoms with Crippen molar-refractivity contribution in [3.8, 4) is 11.5 Å². The summed E-state index contributed by atoms with van der Waals surface area (Å²) in [5.74, 6) is 1.03. The molecule has 3 atom stereocenters. The van der Waals surface area contributed by atoms with E-state index in [9.17, 15) is 10.2 Å². The van der Waals surface area contributed by atoms with Gasteiger partial charge in [0.15, 0.2) is 0 Å². The van der Waals surface area contributed by atoms with Crippen molar-refractivity contribution in [2.75, 3.05) is 6.61 Å². The van der Waals surface area contributed by atoms with E-state index in [0.717, 1.165) is 11.3 Å². The molecule has 0 aliphatic heterocycles. The summed E-state index contributed by atoms with van der Waals surface area (Å²) >= 11 is 0. The molecule has 2 aromatic rings. The summed E-state index contributed by atoms with van der Waals surface area (Å²) in [6, 6.07) is 16.2. The average Bonchev–Trinajstić information content (AvgIpc) is 2.54. The average molecular weight is 301 g/mol. The highest BCUT2D eigenvalue weighted by Crippen LogP contribution is 2.20. The molecule has 0 saturated carbocycles. The van der Waals surface area contributed by atoms with Gasteiger partial charge in [-0.3, -0.25) is 0 Å². The fraction of sp³-hybridized carbons (Fsp3) is 0.333. The first-order valence-corrected chi connectivity index (χ1v) is 7.47. The summed E-state index contributed by atoms with van der Waals surface area (Å²) < 4.78 is 5.69. The molecule has 0 heterocycles. The van der Waals surface area contributed by atoms with Crippen molar-refractivity contribution in [1.29, 1.82) is 0 Å². The van der Waals surface area contributed by atoms with Crippen molar-refractivity contribution in [3.05, 3.63) is 60.2 Å². The number of phenols is 1. The van der Waals surface area contributed by atoms with E-state index in [4.69, 9.17) is 4.74 Å². The van der Waals surface area contributed by atoms with Crippen LogP contribution in [-0.4, -0.2) is 28.9 Å². The van der Waals surface area contributed by atoms with Crippen molar-refractivity contribution < 1.29 is 14.9 Å². The lowest BCUT2D eigenvalue weighted by Crippen LogP contribution is -2.41. The number of nitrogens with one attached hydrogen (secondary N) is 1. The van der Waals surface area contributed by atoms with Gasteiger partial charge in [-0.1, -0.05) is 30.3 Å². The smallest absolute Gasteiger partial charge is 0.119 e. The van der Waals surface area contributed by atoms with Crippen molar-refractivity contribution in [3.63, 3.8) is 0 Å². The molecule has 0 bridgehead atoms. The Morgan fingerprint density at radius 1 is 1.00 bits per heavy atom. The largest absolute Gasteiger partial charge is 0.508 e. The summed E-state index contributed by atoms with van der Waals surface area (Å²) in [5, 5.41) is 22.9. The molecule has 0 aromatic heterocycles. The van der Waals surface area contributed by atoms with Crippen molar-refractivity contribution in [1.82, 2.24) is 5.32 Å². The van der Waals surface area contributed by atoms with Crippen LogP contribution in [0.2, 0.25) is 0 Å². The molecule has 0 radical (unpaired) electrons. The van der Waals surface area contributed by atoms with Gasteiger partial charge < -0.3 is 20.3 Å². The highest BCUT2D eigenvalue weighted by Gasteiger charge is 2.18. The van der Waals surface area contributed by atoms with E-state index in [0.29, 0.717) is 6.61 Å². The molecule has 0 aliphatic rings. The Bertz CT molecular complexity index is 556. The number of hydrogen-bond donors (Lipinski definition) is 3. The molecule has 0 saturated heterocycles. The Morgan fingerprint density at radius 2 is 1.64 bits per heavy atom. The first kappa shape index (κ1) is 16.3. The number of aromatic hydroxyl groups is 1. The van der Waals surface area contributed by atoms with Gasteiger partial charge in [0.2, 0.25) is 0 Å². The lowest BCUT2D eigenvalue weighted by molar-refractivity contribution is 0.124. The fourth-order valence-electron chi connectivity index (χ4n) is 2.29. The zero-order valence-corrected chi connectivity index (χ0v) is 12.9. The van der Waals surface area contributed by atoms with E-state index in [2.05, 4.69) is 5.32 Å². The third kappa shape index (κ3) is 4.76. The summed E-state index contributed by atoms with van der Waals surface area (Å²) in [4.78, 5) is 0. The minimum Gasteiger partial charge on any atom is -0.508 e. The molecule has 0 amide bonds. The van der Waals surface area contributed by atoms with E-state index in [1.165, 1.54) is 0 Å². The topological polar surface area (TPSA) is 61.7 Å². The van der Waals surface area contributed by atoms with Crippen LogP contribution in [0, 0.1) is 0 Å². The van der Waals surface area contributed by atoms with Gasteiger partial charge in [0.1, 0.15) is 18.1 Å². The van der Waals surface area contributed by atoms with Crippen LogP contribution < -0.4 is 10.1 Å². The maximum Gasteiger partial charge on any atom is 0.119 e. The number of hydrogen-bond acceptors (Lipinski definition) is 4. The SMILES string of the molecule is C[C@H](COc1ccccc1)N[C@H](C)[C@@H](O)c1ccc(O)cc1. The van der Waals surface area contributed by atoms with Gasteiger partial charge in [0, 0.05) is 12.1 Å². The normalized spacial score (nSPS) is 15.0. The minimum atomic E-state index is -0.639. The van der Waals surface area contributed by atoms with Crippen LogP contribution in [0.3, 0.4) is 0 Å². The highest BCUT2D eigenvalue weighted by atomic mass is 16.5. The number of ether oxygens (including phenoxy) is 1. The molecule has 22 heavy (non-hydrogen) atoms. The third-order valence-corrected chi connectivity index (χ3v) is 3.50. The predicted molar refractivity (Wildman–Crippen MR) is 87.1 cm³/mol. The van der Waals surface area contributed by atoms with Crippen molar-refractivity contribution in [2.45, 2.75) is 32.0 Å². The summed E-state index contributed by atoms with van der Waals surface area (Å²) in [6.07, 6.45) is -0.639. The predicted octanol–water partition coefficient (Wildman–Crippen LogP) is 2.87. The lowest BCUT2D eigenvalue weighted by atomic mass is 10.0. The highest BCUT2D eigenvalue weighted by molar-refractivity contribution is 5.28. The monoisotopic (exact) mass is 301 g/mol. The van der Waals surface area contributed by atoms with E-state index in [-0.39, 0.29) is 17.8 Å². The zero-order chi connectivity index (χ0) is 15.9. The number of para-hydroxylation sites is 1. The number of phenolic OH excluding ortho intramolecular Hbond substituents is 1. The van der Waals surface area contributed by atoms with Crippen LogP contribution in [-0.2, 0) is 0 Å². The Balaban J connectivity index is 1.82. The van der Waals surface area contributed by atoms with Crippen LogP contribution >= 0.6 is 0 Å². The molecule has 118 valence electrons. The standard InChI is InChI=1S/C18H23NO3/c1-13(12-22-17-6-4-3-5-7-17)19-14(2)18(21)15-8-10-16(20)11-9-15/h3-11,13-14,18-21H,12H2,1-2H3/t13-,14-,18-/m1/s1. The Hall–Kier alpha value is -2.04. The summed E-state index contributed by atoms with van der Waals surface area (Å²) in [7, 11) is 0. The molecule has 0 unspecified atom stereocenters. The first-order chi connectivity index (χ1) is 10.6. The number of benzene rings is 2. The van der Waals surface area contributed by atoms with Gasteiger partial charge >= 0.3 is 0 Å². The molecule has 0 fully saturated rings. The molecular formula is C18H23NO3. The second kappa shape index (κ2) is 7.82. The van der Waals surface area contributed by atoms with E-state index in [1.807, 2.05) is 44.2 Å². The van der Waals surface area contributed by atoms with Gasteiger partial charge in [-0.05, 0) is 43.7 Å². The Labute approximate surface area is 131 Å². The number of aliphatic hydroxyl groups excluding tert-OH is 1. The van der Waals surface area contributed by atoms with Gasteiger partial charge in [0.05, 0.1) is 6.10 Å². The van der Waals surface area contributed by atoms with Crippen molar-refractivity contribution in [2.24, 2.45) is 0 Å². The van der Waals surface area contributed by atoms with Crippen LogP contribution in [0.15, 0.2) is 54.6 Å². The summed E-state index contributed by atoms with van der Waals surface area (Å²) in [5.41, 5.74) is 0.772. The van der Waals surface area contributed by atoms with Gasteiger partial charge in [-0.25, -0.2) is 0 Å². The first-order valence-electron chi connectivity index (χ1n) is 7.47. The number of aliphatic hydroxyl groups is 1. The third-order valence-electron chi connectivity index (χ3n) is 3.50. The molecule has 4 heteroatoms. The van der Waals surface area contributed by atoms with Crippen LogP contribution in [0.4, 0.5) is 0 Å². The number of rotatable bonds is 7. The Morgan fingerprint density at radius 3 is 2.27 bits per heavy atom. The van der Waals surface area contributed by atoms with Gasteiger partial charge in [0.25, 0.3) is 0 Å². The van der Waals surface area contributed by atoms with Crippen LogP contribution in [0.1, 0.15) is 25.5 Å². The second-order valence-electron chi connectivity index (χ2n) is 5.52. The molecule has 0 aliphatic carbocycles. The maximum absolute atomic E-state index is 10.3. The van der Waals surface area contributed by atoms with E-state index < -0.39 is 6.10 Å². The van der Waals surface area contributed by atoms with E-state index >= 15 is 0 Å². The molecule has 0 spiro atoms. The maximum atomic E-state index is 10.3. The minimum absolute atomic E-state index is 0.0990. The second-order valence-corrected chi connectivity index (χ2v) is 5.52. The quantitative estimate of drug-likeness (QED) is 0.736. The molecule has 2 aromatic carbocycles. The molecule has 3 N–H and O–H groups in total. The molecular weight excluding hydrogens is 278 g/mol. The van der Waals surface area contributed by atoms with Gasteiger partial charge in [-0.2, -0.15) is 0 Å². The Kier molecular flexibility index (Phi) is 5.81. The fourth-order valence-corrected chi connectivity index (χ4v) is 2.29.